The van der Waals surface area contributed by atoms with Crippen LogP contribution in [0.3, 0.4) is 0 Å². The molecule has 2 aromatic heterocycles. The molecule has 0 bridgehead atoms. The highest BCUT2D eigenvalue weighted by molar-refractivity contribution is 6.03. The van der Waals surface area contributed by atoms with Crippen LogP contribution in [0.15, 0.2) is 41.0 Å². The van der Waals surface area contributed by atoms with Crippen molar-refractivity contribution in [2.24, 2.45) is 0 Å². The molecule has 3 aromatic rings. The number of pyridine rings is 2. The Hall–Kier alpha value is -4.62. The third-order valence-corrected chi connectivity index (χ3v) is 7.81. The minimum absolute atomic E-state index is 0.0459. The smallest absolute Gasteiger partial charge is 0.417 e. The van der Waals surface area contributed by atoms with E-state index in [-0.39, 0.29) is 30.3 Å². The lowest BCUT2D eigenvalue weighted by Gasteiger charge is -2.23. The van der Waals surface area contributed by atoms with Gasteiger partial charge in [0, 0.05) is 49.1 Å². The molecular weight excluding hydrogens is 599 g/mol. The first-order valence-corrected chi connectivity index (χ1v) is 14.5. The Labute approximate surface area is 255 Å². The van der Waals surface area contributed by atoms with E-state index in [1.54, 1.807) is 30.7 Å². The Kier molecular flexibility index (Phi) is 8.77. The molecular formula is C31H33F5N6O3. The van der Waals surface area contributed by atoms with E-state index in [4.69, 9.17) is 10.5 Å². The fourth-order valence-electron chi connectivity index (χ4n) is 5.25. The van der Waals surface area contributed by atoms with Crippen molar-refractivity contribution < 1.29 is 31.5 Å². The SMILES string of the molecule is C/C=C1/CNC(=O)c2c(nc(-c3cc(N)c(F)c(C)c3C(F)(F)F)c(F)c2NCc2ccc(=O)n(C3CC3)c2)O[C@@H](C)CCN1. The second-order valence-corrected chi connectivity index (χ2v) is 11.2. The number of benzene rings is 1. The lowest BCUT2D eigenvalue weighted by atomic mass is 9.95. The molecule has 1 atom stereocenters. The normalized spacial score (nSPS) is 18.4. The summed E-state index contributed by atoms with van der Waals surface area (Å²) < 4.78 is 81.8. The van der Waals surface area contributed by atoms with Crippen molar-refractivity contribution in [3.63, 3.8) is 0 Å². The average Bonchev–Trinajstić information content (AvgIpc) is 3.82. The summed E-state index contributed by atoms with van der Waals surface area (Å²) >= 11 is 0. The van der Waals surface area contributed by atoms with E-state index >= 15 is 4.39 Å². The van der Waals surface area contributed by atoms with Gasteiger partial charge in [0.05, 0.1) is 29.6 Å². The van der Waals surface area contributed by atoms with Crippen LogP contribution in [0, 0.1) is 18.6 Å². The molecule has 1 saturated carbocycles. The molecule has 1 amide bonds. The zero-order chi connectivity index (χ0) is 32.6. The van der Waals surface area contributed by atoms with Crippen LogP contribution in [0.1, 0.15) is 66.2 Å². The van der Waals surface area contributed by atoms with Gasteiger partial charge in [-0.3, -0.25) is 9.59 Å². The Morgan fingerprint density at radius 1 is 1.16 bits per heavy atom. The number of nitrogens with two attached hydrogens (primary N) is 1. The number of alkyl halides is 3. The van der Waals surface area contributed by atoms with Gasteiger partial charge in [0.2, 0.25) is 5.88 Å². The Bertz CT molecular complexity index is 1730. The summed E-state index contributed by atoms with van der Waals surface area (Å²) in [6.45, 7) is 4.72. The first-order valence-electron chi connectivity index (χ1n) is 14.5. The standard InChI is InChI=1S/C31H33F5N6O3/c1-4-18-13-40-29(44)23-28(39-12-17-5-8-22(43)42(14-17)19-6-7-19)26(33)27(41-30(23)45-15(2)9-10-38-18)20-11-21(37)25(32)16(3)24(20)31(34,35)36/h4-5,8,11,14-15,19,38H,6-7,9-10,12-13,37H2,1-3H3,(H,39,41)(H,40,44)/b18-4-/t15-/m0/s1. The topological polar surface area (TPSA) is 123 Å². The number of rotatable bonds is 5. The van der Waals surface area contributed by atoms with Gasteiger partial charge in [-0.25, -0.2) is 13.8 Å². The zero-order valence-corrected chi connectivity index (χ0v) is 24.9. The number of carbonyl (C=O) groups is 1. The third kappa shape index (κ3) is 6.59. The molecule has 0 saturated heterocycles. The van der Waals surface area contributed by atoms with Gasteiger partial charge >= 0.3 is 6.18 Å². The number of nitrogens with zero attached hydrogens (tertiary/aromatic N) is 2. The molecule has 0 spiro atoms. The lowest BCUT2D eigenvalue weighted by Crippen LogP contribution is -2.31. The maximum atomic E-state index is 16.6. The number of hydrogen-bond acceptors (Lipinski definition) is 7. The predicted molar refractivity (Wildman–Crippen MR) is 159 cm³/mol. The van der Waals surface area contributed by atoms with Crippen LogP contribution < -0.4 is 32.0 Å². The molecule has 45 heavy (non-hydrogen) atoms. The maximum absolute atomic E-state index is 16.6. The Morgan fingerprint density at radius 3 is 2.56 bits per heavy atom. The number of fused-ring (bicyclic) bond motifs is 1. The van der Waals surface area contributed by atoms with Crippen molar-refractivity contribution in [3.8, 4) is 17.1 Å². The van der Waals surface area contributed by atoms with Crippen molar-refractivity contribution >= 4 is 17.3 Å². The number of amides is 1. The van der Waals surface area contributed by atoms with Gasteiger partial charge in [0.1, 0.15) is 17.1 Å². The van der Waals surface area contributed by atoms with Crippen LogP contribution in [0.25, 0.3) is 11.3 Å². The zero-order valence-electron chi connectivity index (χ0n) is 24.9. The summed E-state index contributed by atoms with van der Waals surface area (Å²) in [6, 6.07) is 3.64. The van der Waals surface area contributed by atoms with Gasteiger partial charge in [0.15, 0.2) is 5.82 Å². The molecule has 1 aliphatic heterocycles. The van der Waals surface area contributed by atoms with Crippen molar-refractivity contribution in [2.75, 3.05) is 24.1 Å². The van der Waals surface area contributed by atoms with E-state index in [2.05, 4.69) is 20.9 Å². The highest BCUT2D eigenvalue weighted by Crippen LogP contribution is 2.44. The van der Waals surface area contributed by atoms with Gasteiger partial charge in [-0.2, -0.15) is 13.2 Å². The summed E-state index contributed by atoms with van der Waals surface area (Å²) in [4.78, 5) is 30.1. The lowest BCUT2D eigenvalue weighted by molar-refractivity contribution is -0.137. The largest absolute Gasteiger partial charge is 0.474 e. The second-order valence-electron chi connectivity index (χ2n) is 11.2. The van der Waals surface area contributed by atoms with Gasteiger partial charge in [-0.05, 0) is 50.8 Å². The molecule has 2 aliphatic rings. The van der Waals surface area contributed by atoms with Gasteiger partial charge in [0.25, 0.3) is 11.5 Å². The fraction of sp³-hybridized carbons (Fsp3) is 0.387. The number of nitrogen functional groups attached to an aromatic ring is 1. The summed E-state index contributed by atoms with van der Waals surface area (Å²) in [7, 11) is 0. The van der Waals surface area contributed by atoms with Crippen molar-refractivity contribution in [2.45, 2.75) is 64.9 Å². The highest BCUT2D eigenvalue weighted by atomic mass is 19.4. The minimum Gasteiger partial charge on any atom is -0.474 e. The average molecular weight is 633 g/mol. The molecule has 5 N–H and O–H groups in total. The van der Waals surface area contributed by atoms with Crippen LogP contribution in [0.2, 0.25) is 0 Å². The van der Waals surface area contributed by atoms with E-state index in [0.717, 1.165) is 19.8 Å². The number of hydrogen-bond donors (Lipinski definition) is 4. The molecule has 5 rings (SSSR count). The molecule has 0 unspecified atom stereocenters. The first kappa shape index (κ1) is 31.8. The number of carbonyl (C=O) groups excluding carboxylic acids is 1. The van der Waals surface area contributed by atoms with Gasteiger partial charge in [-0.1, -0.05) is 12.1 Å². The number of aromatic nitrogens is 2. The molecule has 240 valence electrons. The van der Waals surface area contributed by atoms with E-state index in [0.29, 0.717) is 30.3 Å². The van der Waals surface area contributed by atoms with E-state index < -0.39 is 69.5 Å². The fourth-order valence-corrected chi connectivity index (χ4v) is 5.25. The third-order valence-electron chi connectivity index (χ3n) is 7.81. The minimum atomic E-state index is -5.11. The number of halogens is 5. The molecule has 3 heterocycles. The van der Waals surface area contributed by atoms with Crippen molar-refractivity contribution in [3.05, 3.63) is 80.4 Å². The predicted octanol–water partition coefficient (Wildman–Crippen LogP) is 5.44. The van der Waals surface area contributed by atoms with Gasteiger partial charge < -0.3 is 31.0 Å². The molecule has 1 fully saturated rings. The molecule has 1 aliphatic carbocycles. The number of ether oxygens (including phenoxy) is 1. The summed E-state index contributed by atoms with van der Waals surface area (Å²) in [5, 5.41) is 8.72. The monoisotopic (exact) mass is 632 g/mol. The Balaban J connectivity index is 1.72. The quantitative estimate of drug-likeness (QED) is 0.218. The van der Waals surface area contributed by atoms with Crippen LogP contribution >= 0.6 is 0 Å². The van der Waals surface area contributed by atoms with Crippen LogP contribution in [0.4, 0.5) is 33.3 Å². The van der Waals surface area contributed by atoms with Crippen LogP contribution in [0.5, 0.6) is 5.88 Å². The second kappa shape index (κ2) is 12.4. The van der Waals surface area contributed by atoms with E-state index in [1.165, 1.54) is 12.1 Å². The Morgan fingerprint density at radius 2 is 1.89 bits per heavy atom. The van der Waals surface area contributed by atoms with E-state index in [1.807, 2.05) is 0 Å². The summed E-state index contributed by atoms with van der Waals surface area (Å²) in [5.74, 6) is -3.80. The summed E-state index contributed by atoms with van der Waals surface area (Å²) in [6.07, 6.45) is -0.251. The van der Waals surface area contributed by atoms with Crippen molar-refractivity contribution in [1.82, 2.24) is 20.2 Å². The molecule has 14 heteroatoms. The number of anilines is 2. The first-order chi connectivity index (χ1) is 21.3. The van der Waals surface area contributed by atoms with Crippen LogP contribution in [-0.4, -0.2) is 34.7 Å². The highest BCUT2D eigenvalue weighted by Gasteiger charge is 2.40. The molecule has 1 aromatic carbocycles. The molecule has 9 nitrogen and oxygen atoms in total. The van der Waals surface area contributed by atoms with Gasteiger partial charge in [-0.15, -0.1) is 0 Å². The maximum Gasteiger partial charge on any atom is 0.417 e. The van der Waals surface area contributed by atoms with E-state index in [9.17, 15) is 27.2 Å². The number of allylic oxidation sites excluding steroid dienone is 1. The molecule has 0 radical (unpaired) electrons. The van der Waals surface area contributed by atoms with Crippen molar-refractivity contribution in [1.29, 1.82) is 0 Å². The summed E-state index contributed by atoms with van der Waals surface area (Å²) in [5.41, 5.74) is 1.34. The van der Waals surface area contributed by atoms with Crippen LogP contribution in [-0.2, 0) is 12.7 Å². The number of nitrogens with one attached hydrogen (secondary N) is 3.